The predicted molar refractivity (Wildman–Crippen MR) is 198 cm³/mol. The van der Waals surface area contributed by atoms with Gasteiger partial charge in [0.2, 0.25) is 0 Å². The molecule has 0 atom stereocenters. The molecule has 46 heavy (non-hydrogen) atoms. The van der Waals surface area contributed by atoms with Crippen molar-refractivity contribution in [1.82, 2.24) is 0 Å². The Morgan fingerprint density at radius 1 is 0.370 bits per heavy atom. The first-order valence-electron chi connectivity index (χ1n) is 16.0. The van der Waals surface area contributed by atoms with Gasteiger partial charge in [0.1, 0.15) is 0 Å². The number of rotatable bonds is 6. The van der Waals surface area contributed by atoms with E-state index in [0.29, 0.717) is 0 Å². The van der Waals surface area contributed by atoms with E-state index in [-0.39, 0.29) is 5.41 Å². The molecule has 0 amide bonds. The average molecular weight is 590 g/mol. The van der Waals surface area contributed by atoms with Gasteiger partial charge in [0.05, 0.1) is 0 Å². The molecule has 0 N–H and O–H groups in total. The summed E-state index contributed by atoms with van der Waals surface area (Å²) < 4.78 is 0. The molecule has 0 aliphatic rings. The molecule has 0 fully saturated rings. The van der Waals surface area contributed by atoms with E-state index in [2.05, 4.69) is 195 Å². The van der Waals surface area contributed by atoms with Crippen LogP contribution in [0.3, 0.4) is 0 Å². The van der Waals surface area contributed by atoms with Gasteiger partial charge >= 0.3 is 0 Å². The molecule has 0 saturated carbocycles. The van der Waals surface area contributed by atoms with E-state index in [9.17, 15) is 0 Å². The Bertz CT molecular complexity index is 2300. The van der Waals surface area contributed by atoms with Crippen molar-refractivity contribution in [3.8, 4) is 11.1 Å². The normalized spacial score (nSPS) is 11.7. The second-order valence-electron chi connectivity index (χ2n) is 12.6. The summed E-state index contributed by atoms with van der Waals surface area (Å²) in [4.78, 5) is 2.38. The number of nitrogens with zero attached hydrogens (tertiary/aromatic N) is 1. The minimum Gasteiger partial charge on any atom is -0.310 e. The molecule has 1 nitrogen and oxygen atoms in total. The minimum absolute atomic E-state index is 0.102. The zero-order chi connectivity index (χ0) is 31.1. The van der Waals surface area contributed by atoms with Crippen LogP contribution in [0.15, 0.2) is 176 Å². The Morgan fingerprint density at radius 2 is 0.870 bits per heavy atom. The Hall–Kier alpha value is -5.66. The molecule has 220 valence electrons. The fraction of sp³-hybridized carbons (Fsp3) is 0.0667. The van der Waals surface area contributed by atoms with Gasteiger partial charge < -0.3 is 4.90 Å². The van der Waals surface area contributed by atoms with Crippen molar-refractivity contribution < 1.29 is 0 Å². The second kappa shape index (κ2) is 11.4. The third-order valence-corrected chi connectivity index (χ3v) is 9.54. The molecule has 0 aliphatic heterocycles. The maximum absolute atomic E-state index is 2.38. The second-order valence-corrected chi connectivity index (χ2v) is 12.6. The summed E-state index contributed by atoms with van der Waals surface area (Å²) in [6.45, 7) is 4.60. The average Bonchev–Trinajstić information content (AvgIpc) is 3.12. The van der Waals surface area contributed by atoms with Crippen LogP contribution < -0.4 is 4.90 Å². The zero-order valence-corrected chi connectivity index (χ0v) is 26.2. The highest BCUT2D eigenvalue weighted by molar-refractivity contribution is 6.20. The molecular weight excluding hydrogens is 555 g/mol. The molecule has 0 aromatic heterocycles. The number of hydrogen-bond acceptors (Lipinski definition) is 1. The molecule has 0 aliphatic carbocycles. The van der Waals surface area contributed by atoms with Gasteiger partial charge in [-0.1, -0.05) is 153 Å². The van der Waals surface area contributed by atoms with Gasteiger partial charge in [-0.05, 0) is 91.0 Å². The van der Waals surface area contributed by atoms with Crippen LogP contribution in [-0.4, -0.2) is 0 Å². The van der Waals surface area contributed by atoms with E-state index in [0.717, 1.165) is 17.1 Å². The van der Waals surface area contributed by atoms with Crippen LogP contribution in [0.2, 0.25) is 0 Å². The van der Waals surface area contributed by atoms with Crippen molar-refractivity contribution in [2.75, 3.05) is 4.90 Å². The van der Waals surface area contributed by atoms with Gasteiger partial charge in [0, 0.05) is 22.5 Å². The fourth-order valence-corrected chi connectivity index (χ4v) is 6.89. The van der Waals surface area contributed by atoms with Crippen LogP contribution in [0.5, 0.6) is 0 Å². The van der Waals surface area contributed by atoms with Gasteiger partial charge in [-0.3, -0.25) is 0 Å². The van der Waals surface area contributed by atoms with Gasteiger partial charge in [0.15, 0.2) is 0 Å². The molecule has 8 rings (SSSR count). The molecule has 1 heteroatoms. The molecule has 0 unspecified atom stereocenters. The molecular formula is C45H35N. The van der Waals surface area contributed by atoms with Gasteiger partial charge in [-0.2, -0.15) is 0 Å². The Labute approximate surface area is 271 Å². The van der Waals surface area contributed by atoms with Crippen LogP contribution >= 0.6 is 0 Å². The quantitative estimate of drug-likeness (QED) is 0.174. The minimum atomic E-state index is -0.102. The first-order chi connectivity index (χ1) is 22.6. The topological polar surface area (TPSA) is 3.24 Å². The highest BCUT2D eigenvalue weighted by Crippen LogP contribution is 2.41. The molecule has 0 spiro atoms. The maximum atomic E-state index is 2.38. The first kappa shape index (κ1) is 27.9. The monoisotopic (exact) mass is 589 g/mol. The third-order valence-electron chi connectivity index (χ3n) is 9.54. The molecule has 0 bridgehead atoms. The number of hydrogen-bond donors (Lipinski definition) is 0. The molecule has 0 heterocycles. The number of benzene rings is 8. The van der Waals surface area contributed by atoms with E-state index in [1.165, 1.54) is 54.6 Å². The SMILES string of the molecule is CC(C)(c1ccccc1)c1ccc(N(c2ccc(-c3ccccc3)cc2)c2ccc3c(ccc4ccc5ccccc5c43)c2)cc1. The summed E-state index contributed by atoms with van der Waals surface area (Å²) in [7, 11) is 0. The van der Waals surface area contributed by atoms with Crippen LogP contribution in [0.1, 0.15) is 25.0 Å². The first-order valence-corrected chi connectivity index (χ1v) is 16.0. The van der Waals surface area contributed by atoms with Crippen molar-refractivity contribution >= 4 is 49.4 Å². The van der Waals surface area contributed by atoms with Crippen LogP contribution in [0.4, 0.5) is 17.1 Å². The fourth-order valence-electron chi connectivity index (χ4n) is 6.89. The summed E-state index contributed by atoms with van der Waals surface area (Å²) in [6, 6.07) is 64.0. The lowest BCUT2D eigenvalue weighted by Crippen LogP contribution is -2.19. The molecule has 0 saturated heterocycles. The maximum Gasteiger partial charge on any atom is 0.0468 e. The van der Waals surface area contributed by atoms with Gasteiger partial charge in [-0.15, -0.1) is 0 Å². The zero-order valence-electron chi connectivity index (χ0n) is 26.2. The standard InChI is InChI=1S/C45H35N/c1-45(2,37-14-7-4-8-15-37)38-23-27-40(28-24-38)46(39-25-21-33(22-26-39)32-11-5-3-6-12-32)41-29-30-43-36(31-41)20-19-35-18-17-34-13-9-10-16-42(34)44(35)43/h3-31H,1-2H3. The number of anilines is 3. The summed E-state index contributed by atoms with van der Waals surface area (Å²) >= 11 is 0. The summed E-state index contributed by atoms with van der Waals surface area (Å²) in [5, 5.41) is 7.65. The van der Waals surface area contributed by atoms with Crippen LogP contribution in [0.25, 0.3) is 43.4 Å². The van der Waals surface area contributed by atoms with E-state index in [4.69, 9.17) is 0 Å². The van der Waals surface area contributed by atoms with Crippen molar-refractivity contribution in [3.63, 3.8) is 0 Å². The lowest BCUT2D eigenvalue weighted by Gasteiger charge is -2.29. The van der Waals surface area contributed by atoms with Crippen molar-refractivity contribution in [1.29, 1.82) is 0 Å². The highest BCUT2D eigenvalue weighted by atomic mass is 15.1. The summed E-state index contributed by atoms with van der Waals surface area (Å²) in [5.74, 6) is 0. The molecule has 0 radical (unpaired) electrons. The van der Waals surface area contributed by atoms with E-state index < -0.39 is 0 Å². The number of fused-ring (bicyclic) bond motifs is 5. The third kappa shape index (κ3) is 4.91. The van der Waals surface area contributed by atoms with Crippen LogP contribution in [-0.2, 0) is 5.41 Å². The molecule has 8 aromatic carbocycles. The molecule has 8 aromatic rings. The Kier molecular flexibility index (Phi) is 6.88. The lowest BCUT2D eigenvalue weighted by atomic mass is 9.78. The van der Waals surface area contributed by atoms with E-state index in [1.807, 2.05) is 0 Å². The van der Waals surface area contributed by atoms with Crippen LogP contribution in [0, 0.1) is 0 Å². The Balaban J connectivity index is 1.26. The Morgan fingerprint density at radius 3 is 1.59 bits per heavy atom. The lowest BCUT2D eigenvalue weighted by molar-refractivity contribution is 0.641. The van der Waals surface area contributed by atoms with E-state index in [1.54, 1.807) is 0 Å². The van der Waals surface area contributed by atoms with Crippen molar-refractivity contribution in [3.05, 3.63) is 187 Å². The van der Waals surface area contributed by atoms with Gasteiger partial charge in [0.25, 0.3) is 0 Å². The largest absolute Gasteiger partial charge is 0.310 e. The van der Waals surface area contributed by atoms with E-state index >= 15 is 0 Å². The smallest absolute Gasteiger partial charge is 0.0468 e. The van der Waals surface area contributed by atoms with Crippen molar-refractivity contribution in [2.24, 2.45) is 0 Å². The van der Waals surface area contributed by atoms with Crippen molar-refractivity contribution in [2.45, 2.75) is 19.3 Å². The summed E-state index contributed by atoms with van der Waals surface area (Å²) in [5.41, 5.74) is 8.32. The predicted octanol–water partition coefficient (Wildman–Crippen LogP) is 12.6. The summed E-state index contributed by atoms with van der Waals surface area (Å²) in [6.07, 6.45) is 0. The van der Waals surface area contributed by atoms with Gasteiger partial charge in [-0.25, -0.2) is 0 Å². The highest BCUT2D eigenvalue weighted by Gasteiger charge is 2.23.